The summed E-state index contributed by atoms with van der Waals surface area (Å²) in [5, 5.41) is 3.47. The van der Waals surface area contributed by atoms with Gasteiger partial charge in [0.25, 0.3) is 0 Å². The molecular weight excluding hydrogens is 200 g/mol. The summed E-state index contributed by atoms with van der Waals surface area (Å²) in [4.78, 5) is 11.1. The summed E-state index contributed by atoms with van der Waals surface area (Å²) in [6.45, 7) is 3.13. The van der Waals surface area contributed by atoms with Crippen molar-refractivity contribution in [3.05, 3.63) is 18.0 Å². The van der Waals surface area contributed by atoms with E-state index < -0.39 is 0 Å². The highest BCUT2D eigenvalue weighted by atomic mass is 15.3. The molecule has 1 aromatic rings. The predicted molar refractivity (Wildman–Crippen MR) is 63.3 cm³/mol. The fourth-order valence-electron chi connectivity index (χ4n) is 2.07. The molecular formula is C12H18N4. The Morgan fingerprint density at radius 3 is 2.50 bits per heavy atom. The quantitative estimate of drug-likeness (QED) is 0.827. The molecule has 16 heavy (non-hydrogen) atoms. The van der Waals surface area contributed by atoms with E-state index >= 15 is 0 Å². The van der Waals surface area contributed by atoms with Crippen molar-refractivity contribution in [2.45, 2.75) is 38.3 Å². The zero-order valence-corrected chi connectivity index (χ0v) is 9.52. The number of rotatable bonds is 4. The number of hydrogen-bond donors (Lipinski definition) is 1. The Labute approximate surface area is 96.1 Å². The summed E-state index contributed by atoms with van der Waals surface area (Å²) in [7, 11) is 0. The topological polar surface area (TPSA) is 41.1 Å². The molecule has 0 unspecified atom stereocenters. The predicted octanol–water partition coefficient (Wildman–Crippen LogP) is 1.33. The van der Waals surface area contributed by atoms with E-state index in [-0.39, 0.29) is 0 Å². The average molecular weight is 218 g/mol. The van der Waals surface area contributed by atoms with Crippen LogP contribution in [0.15, 0.2) is 12.4 Å². The second-order valence-corrected chi connectivity index (χ2v) is 4.74. The molecule has 0 radical (unpaired) electrons. The molecule has 4 nitrogen and oxygen atoms in total. The van der Waals surface area contributed by atoms with Gasteiger partial charge in [-0.15, -0.1) is 0 Å². The van der Waals surface area contributed by atoms with Crippen LogP contribution in [0.1, 0.15) is 31.2 Å². The lowest BCUT2D eigenvalue weighted by atomic mass is 10.3. The van der Waals surface area contributed by atoms with Crippen LogP contribution < -0.4 is 10.2 Å². The van der Waals surface area contributed by atoms with Crippen LogP contribution in [0.4, 0.5) is 5.95 Å². The van der Waals surface area contributed by atoms with Crippen molar-refractivity contribution in [2.24, 2.45) is 0 Å². The zero-order valence-electron chi connectivity index (χ0n) is 9.52. The van der Waals surface area contributed by atoms with E-state index in [1.807, 2.05) is 12.4 Å². The van der Waals surface area contributed by atoms with Gasteiger partial charge < -0.3 is 10.2 Å². The molecule has 2 aliphatic rings. The second kappa shape index (κ2) is 4.37. The van der Waals surface area contributed by atoms with Gasteiger partial charge in [-0.1, -0.05) is 0 Å². The summed E-state index contributed by atoms with van der Waals surface area (Å²) >= 11 is 0. The van der Waals surface area contributed by atoms with Gasteiger partial charge >= 0.3 is 0 Å². The van der Waals surface area contributed by atoms with E-state index in [2.05, 4.69) is 20.2 Å². The van der Waals surface area contributed by atoms with Gasteiger partial charge in [0, 0.05) is 43.6 Å². The molecule has 1 N–H and O–H groups in total. The van der Waals surface area contributed by atoms with Gasteiger partial charge in [0.15, 0.2) is 0 Å². The average Bonchev–Trinajstić information content (AvgIpc) is 3.00. The lowest BCUT2D eigenvalue weighted by Crippen LogP contribution is -2.21. The van der Waals surface area contributed by atoms with Gasteiger partial charge in [0.2, 0.25) is 5.95 Å². The minimum absolute atomic E-state index is 0.748. The molecule has 1 saturated carbocycles. The van der Waals surface area contributed by atoms with E-state index in [4.69, 9.17) is 0 Å². The van der Waals surface area contributed by atoms with Crippen LogP contribution in [-0.4, -0.2) is 29.1 Å². The van der Waals surface area contributed by atoms with Crippen LogP contribution in [0.5, 0.6) is 0 Å². The van der Waals surface area contributed by atoms with Gasteiger partial charge in [-0.05, 0) is 25.7 Å². The Morgan fingerprint density at radius 1 is 1.19 bits per heavy atom. The Balaban J connectivity index is 1.59. The van der Waals surface area contributed by atoms with E-state index in [1.54, 1.807) is 0 Å². The standard InChI is InChI=1S/C12H18N4/c1-2-6-16(5-1)12-14-8-10(9-15-12)7-13-11-3-4-11/h8-9,11,13H,1-7H2. The molecule has 4 heteroatoms. The van der Waals surface area contributed by atoms with Crippen molar-refractivity contribution >= 4 is 5.95 Å². The first-order chi connectivity index (χ1) is 7.92. The van der Waals surface area contributed by atoms with Crippen molar-refractivity contribution < 1.29 is 0 Å². The normalized spacial score (nSPS) is 20.4. The lowest BCUT2D eigenvalue weighted by Gasteiger charge is -2.14. The van der Waals surface area contributed by atoms with Crippen LogP contribution in [-0.2, 0) is 6.54 Å². The minimum atomic E-state index is 0.748. The second-order valence-electron chi connectivity index (χ2n) is 4.74. The molecule has 1 saturated heterocycles. The maximum absolute atomic E-state index is 4.43. The van der Waals surface area contributed by atoms with Crippen molar-refractivity contribution in [2.75, 3.05) is 18.0 Å². The molecule has 0 bridgehead atoms. The first-order valence-electron chi connectivity index (χ1n) is 6.21. The van der Waals surface area contributed by atoms with Crippen molar-refractivity contribution in [3.63, 3.8) is 0 Å². The van der Waals surface area contributed by atoms with E-state index in [0.717, 1.165) is 31.6 Å². The minimum Gasteiger partial charge on any atom is -0.341 e. The van der Waals surface area contributed by atoms with Gasteiger partial charge in [0.1, 0.15) is 0 Å². The molecule has 0 aromatic carbocycles. The summed E-state index contributed by atoms with van der Waals surface area (Å²) in [5.41, 5.74) is 1.19. The van der Waals surface area contributed by atoms with Crippen molar-refractivity contribution in [1.29, 1.82) is 0 Å². The molecule has 3 rings (SSSR count). The van der Waals surface area contributed by atoms with Gasteiger partial charge in [-0.25, -0.2) is 9.97 Å². The molecule has 86 valence electrons. The molecule has 2 heterocycles. The maximum atomic E-state index is 4.43. The number of anilines is 1. The molecule has 1 aliphatic heterocycles. The number of nitrogens with one attached hydrogen (secondary N) is 1. The molecule has 0 amide bonds. The third kappa shape index (κ3) is 2.32. The Bertz CT molecular complexity index is 339. The molecule has 1 aromatic heterocycles. The number of hydrogen-bond acceptors (Lipinski definition) is 4. The maximum Gasteiger partial charge on any atom is 0.225 e. The van der Waals surface area contributed by atoms with Crippen LogP contribution in [0, 0.1) is 0 Å². The van der Waals surface area contributed by atoms with E-state index in [1.165, 1.54) is 31.2 Å². The zero-order chi connectivity index (χ0) is 10.8. The molecule has 1 aliphatic carbocycles. The first-order valence-corrected chi connectivity index (χ1v) is 6.21. The van der Waals surface area contributed by atoms with Gasteiger partial charge in [-0.2, -0.15) is 0 Å². The monoisotopic (exact) mass is 218 g/mol. The first kappa shape index (κ1) is 10.0. The van der Waals surface area contributed by atoms with E-state index in [9.17, 15) is 0 Å². The van der Waals surface area contributed by atoms with Crippen LogP contribution in [0.3, 0.4) is 0 Å². The SMILES string of the molecule is c1nc(N2CCCC2)ncc1CNC1CC1. The molecule has 2 fully saturated rings. The highest BCUT2D eigenvalue weighted by molar-refractivity contribution is 5.30. The van der Waals surface area contributed by atoms with Gasteiger partial charge in [-0.3, -0.25) is 0 Å². The lowest BCUT2D eigenvalue weighted by molar-refractivity contribution is 0.682. The summed E-state index contributed by atoms with van der Waals surface area (Å²) in [5.74, 6) is 0.896. The fraction of sp³-hybridized carbons (Fsp3) is 0.667. The third-order valence-corrected chi connectivity index (χ3v) is 3.25. The summed E-state index contributed by atoms with van der Waals surface area (Å²) in [6, 6.07) is 0.748. The Kier molecular flexibility index (Phi) is 2.74. The number of aromatic nitrogens is 2. The largest absolute Gasteiger partial charge is 0.341 e. The highest BCUT2D eigenvalue weighted by Gasteiger charge is 2.20. The fourth-order valence-corrected chi connectivity index (χ4v) is 2.07. The number of nitrogens with zero attached hydrogens (tertiary/aromatic N) is 3. The summed E-state index contributed by atoms with van der Waals surface area (Å²) in [6.07, 6.45) is 9.11. The van der Waals surface area contributed by atoms with Crippen LogP contribution in [0.2, 0.25) is 0 Å². The van der Waals surface area contributed by atoms with Crippen molar-refractivity contribution in [1.82, 2.24) is 15.3 Å². The highest BCUT2D eigenvalue weighted by Crippen LogP contribution is 2.19. The van der Waals surface area contributed by atoms with Crippen molar-refractivity contribution in [3.8, 4) is 0 Å². The Hall–Kier alpha value is -1.16. The van der Waals surface area contributed by atoms with Crippen LogP contribution in [0.25, 0.3) is 0 Å². The van der Waals surface area contributed by atoms with Crippen LogP contribution >= 0.6 is 0 Å². The third-order valence-electron chi connectivity index (χ3n) is 3.25. The van der Waals surface area contributed by atoms with Gasteiger partial charge in [0.05, 0.1) is 0 Å². The molecule has 0 spiro atoms. The van der Waals surface area contributed by atoms with E-state index in [0.29, 0.717) is 0 Å². The smallest absolute Gasteiger partial charge is 0.225 e. The summed E-state index contributed by atoms with van der Waals surface area (Å²) < 4.78 is 0. The molecule has 0 atom stereocenters. The Morgan fingerprint density at radius 2 is 1.88 bits per heavy atom.